The lowest BCUT2D eigenvalue weighted by Gasteiger charge is -2.22. The number of halogens is 3. The molecule has 1 aromatic rings. The van der Waals surface area contributed by atoms with Crippen LogP contribution in [0.5, 0.6) is 0 Å². The molecular weight excluding hydrogens is 267 g/mol. The van der Waals surface area contributed by atoms with Crippen LogP contribution in [-0.4, -0.2) is 38.8 Å². The monoisotopic (exact) mass is 275 g/mol. The lowest BCUT2D eigenvalue weighted by Crippen LogP contribution is -2.58. The molecule has 1 saturated heterocycles. The van der Waals surface area contributed by atoms with E-state index in [4.69, 9.17) is 0 Å². The average molecular weight is 275 g/mol. The minimum absolute atomic E-state index is 0.282. The van der Waals surface area contributed by atoms with Gasteiger partial charge in [-0.15, -0.1) is 0 Å². The molecule has 0 spiro atoms. The zero-order chi connectivity index (χ0) is 14.3. The van der Waals surface area contributed by atoms with Crippen LogP contribution in [0.4, 0.5) is 18.0 Å². The number of aliphatic hydroxyl groups is 1. The summed E-state index contributed by atoms with van der Waals surface area (Å²) in [7, 11) is 0. The molecule has 1 aliphatic heterocycles. The normalized spacial score (nSPS) is 23.7. The fraction of sp³-hybridized carbons (Fsp3) is 0.300. The molecule has 1 fully saturated rings. The van der Waals surface area contributed by atoms with Crippen LogP contribution in [0.2, 0.25) is 0 Å². The first-order chi connectivity index (χ1) is 8.75. The molecule has 0 aliphatic carbocycles. The van der Waals surface area contributed by atoms with Crippen molar-refractivity contribution in [2.75, 3.05) is 0 Å². The maximum atomic E-state index is 12.6. The third-order valence-electron chi connectivity index (χ3n) is 2.56. The second-order valence-electron chi connectivity index (χ2n) is 3.89. The summed E-state index contributed by atoms with van der Waals surface area (Å²) >= 11 is 0. The lowest BCUT2D eigenvalue weighted by atomic mass is 10.2. The number of nitrogens with one attached hydrogen (secondary N) is 1. The highest BCUT2D eigenvalue weighted by atomic mass is 19.4. The summed E-state index contributed by atoms with van der Waals surface area (Å²) in [4.78, 5) is 26.9. The molecule has 2 heterocycles. The van der Waals surface area contributed by atoms with E-state index >= 15 is 0 Å². The van der Waals surface area contributed by atoms with Crippen molar-refractivity contribution in [2.45, 2.75) is 18.4 Å². The van der Waals surface area contributed by atoms with E-state index in [1.54, 1.807) is 0 Å². The van der Waals surface area contributed by atoms with Gasteiger partial charge >= 0.3 is 17.9 Å². The molecular formula is C10H8F3N3O3. The molecule has 0 radical (unpaired) electrons. The van der Waals surface area contributed by atoms with Crippen molar-refractivity contribution in [1.29, 1.82) is 0 Å². The first kappa shape index (κ1) is 13.3. The summed E-state index contributed by atoms with van der Waals surface area (Å²) in [6.07, 6.45) is -2.56. The predicted molar refractivity (Wildman–Crippen MR) is 54.3 cm³/mol. The number of carbonyl (C=O) groups excluding carboxylic acids is 2. The van der Waals surface area contributed by atoms with Crippen molar-refractivity contribution < 1.29 is 27.9 Å². The molecule has 0 bridgehead atoms. The quantitative estimate of drug-likeness (QED) is 0.765. The number of amides is 3. The largest absolute Gasteiger partial charge is 0.446 e. The van der Waals surface area contributed by atoms with Crippen molar-refractivity contribution >= 4 is 11.9 Å². The molecule has 1 aliphatic rings. The smallest absolute Gasteiger partial charge is 0.356 e. The summed E-state index contributed by atoms with van der Waals surface area (Å²) in [6, 6.07) is 1.68. The first-order valence-corrected chi connectivity index (χ1v) is 5.08. The molecule has 3 amide bonds. The highest BCUT2D eigenvalue weighted by molar-refractivity contribution is 6.06. The first-order valence-electron chi connectivity index (χ1n) is 5.08. The Morgan fingerprint density at radius 2 is 2.11 bits per heavy atom. The van der Waals surface area contributed by atoms with Gasteiger partial charge in [0.05, 0.1) is 6.54 Å². The van der Waals surface area contributed by atoms with Crippen LogP contribution in [0, 0.1) is 0 Å². The van der Waals surface area contributed by atoms with Crippen molar-refractivity contribution in [3.63, 3.8) is 0 Å². The second kappa shape index (κ2) is 4.19. The predicted octanol–water partition coefficient (Wildman–Crippen LogP) is 0.384. The van der Waals surface area contributed by atoms with Gasteiger partial charge in [0, 0.05) is 12.4 Å². The van der Waals surface area contributed by atoms with E-state index in [2.05, 4.69) is 4.98 Å². The number of hydrogen-bond acceptors (Lipinski definition) is 4. The van der Waals surface area contributed by atoms with Gasteiger partial charge in [0.25, 0.3) is 5.91 Å². The molecule has 9 heteroatoms. The average Bonchev–Trinajstić information content (AvgIpc) is 2.55. The van der Waals surface area contributed by atoms with Crippen LogP contribution in [0.3, 0.4) is 0 Å². The number of imide groups is 1. The minimum atomic E-state index is -5.29. The Morgan fingerprint density at radius 1 is 1.42 bits per heavy atom. The van der Waals surface area contributed by atoms with Crippen molar-refractivity contribution in [1.82, 2.24) is 15.2 Å². The zero-order valence-electron chi connectivity index (χ0n) is 9.31. The van der Waals surface area contributed by atoms with Gasteiger partial charge in [-0.25, -0.2) is 4.79 Å². The number of rotatable bonds is 2. The fourth-order valence-corrected chi connectivity index (χ4v) is 1.57. The van der Waals surface area contributed by atoms with Crippen LogP contribution in [0.15, 0.2) is 24.5 Å². The number of nitrogens with zero attached hydrogens (tertiary/aromatic N) is 2. The highest BCUT2D eigenvalue weighted by Crippen LogP contribution is 2.33. The Balaban J connectivity index is 2.25. The Labute approximate surface area is 104 Å². The molecule has 102 valence electrons. The van der Waals surface area contributed by atoms with Gasteiger partial charge in [0.2, 0.25) is 0 Å². The third-order valence-corrected chi connectivity index (χ3v) is 2.56. The van der Waals surface area contributed by atoms with Crippen LogP contribution < -0.4 is 5.32 Å². The van der Waals surface area contributed by atoms with Crippen LogP contribution >= 0.6 is 0 Å². The van der Waals surface area contributed by atoms with Gasteiger partial charge in [0.15, 0.2) is 0 Å². The summed E-state index contributed by atoms with van der Waals surface area (Å²) in [5.74, 6) is -1.76. The minimum Gasteiger partial charge on any atom is -0.356 e. The summed E-state index contributed by atoms with van der Waals surface area (Å²) in [5, 5.41) is 10.5. The Bertz CT molecular complexity index is 520. The van der Waals surface area contributed by atoms with Gasteiger partial charge in [-0.3, -0.25) is 20.0 Å². The maximum Gasteiger partial charge on any atom is 0.446 e. The van der Waals surface area contributed by atoms with Crippen molar-refractivity contribution in [3.8, 4) is 0 Å². The molecule has 2 rings (SSSR count). The molecule has 2 N–H and O–H groups in total. The van der Waals surface area contributed by atoms with E-state index in [1.807, 2.05) is 0 Å². The van der Waals surface area contributed by atoms with Crippen LogP contribution in [0.1, 0.15) is 5.56 Å². The number of urea groups is 1. The second-order valence-corrected chi connectivity index (χ2v) is 3.89. The Hall–Kier alpha value is -2.16. The molecule has 6 nitrogen and oxygen atoms in total. The number of hydrogen-bond donors (Lipinski definition) is 2. The zero-order valence-corrected chi connectivity index (χ0v) is 9.31. The Kier molecular flexibility index (Phi) is 2.93. The number of carbonyl (C=O) groups is 2. The number of alkyl halides is 3. The lowest BCUT2D eigenvalue weighted by molar-refractivity contribution is -0.255. The third kappa shape index (κ3) is 2.12. The van der Waals surface area contributed by atoms with Gasteiger partial charge < -0.3 is 5.11 Å². The van der Waals surface area contributed by atoms with Gasteiger partial charge in [-0.2, -0.15) is 13.2 Å². The Morgan fingerprint density at radius 3 is 2.58 bits per heavy atom. The van der Waals surface area contributed by atoms with E-state index in [0.29, 0.717) is 5.56 Å². The summed E-state index contributed by atoms with van der Waals surface area (Å²) in [5.41, 5.74) is -3.51. The summed E-state index contributed by atoms with van der Waals surface area (Å²) in [6.45, 7) is -0.406. The van der Waals surface area contributed by atoms with Gasteiger partial charge in [-0.1, -0.05) is 6.07 Å². The fourth-order valence-electron chi connectivity index (χ4n) is 1.57. The number of aromatic nitrogens is 1. The van der Waals surface area contributed by atoms with Crippen LogP contribution in [0.25, 0.3) is 0 Å². The van der Waals surface area contributed by atoms with E-state index < -0.39 is 30.4 Å². The van der Waals surface area contributed by atoms with Crippen LogP contribution in [-0.2, 0) is 11.3 Å². The van der Waals surface area contributed by atoms with Gasteiger partial charge in [0.1, 0.15) is 0 Å². The molecule has 0 saturated carbocycles. The molecule has 1 unspecified atom stereocenters. The topological polar surface area (TPSA) is 82.5 Å². The molecule has 19 heavy (non-hydrogen) atoms. The summed E-state index contributed by atoms with van der Waals surface area (Å²) < 4.78 is 37.7. The SMILES string of the molecule is O=C1NC(O)(C(F)(F)F)C(=O)N1Cc1cccnc1. The molecule has 1 atom stereocenters. The van der Waals surface area contributed by atoms with E-state index in [1.165, 1.54) is 29.8 Å². The molecule has 1 aromatic heterocycles. The van der Waals surface area contributed by atoms with Crippen molar-refractivity contribution in [3.05, 3.63) is 30.1 Å². The highest BCUT2D eigenvalue weighted by Gasteiger charge is 2.67. The van der Waals surface area contributed by atoms with Crippen molar-refractivity contribution in [2.24, 2.45) is 0 Å². The molecule has 0 aromatic carbocycles. The standard InChI is InChI=1S/C10H8F3N3O3/c11-10(12,13)9(19)7(17)16(8(18)15-9)5-6-2-1-3-14-4-6/h1-4,19H,5H2,(H,15,18). The maximum absolute atomic E-state index is 12.6. The van der Waals surface area contributed by atoms with Gasteiger partial charge in [-0.05, 0) is 11.6 Å². The van der Waals surface area contributed by atoms with E-state index in [9.17, 15) is 27.9 Å². The van der Waals surface area contributed by atoms with E-state index in [-0.39, 0.29) is 4.90 Å². The van der Waals surface area contributed by atoms with E-state index in [0.717, 1.165) is 0 Å². The number of pyridine rings is 1.